The Hall–Kier alpha value is -1.35. The molecule has 0 radical (unpaired) electrons. The van der Waals surface area contributed by atoms with Gasteiger partial charge in [0.2, 0.25) is 0 Å². The normalized spacial score (nSPS) is 10.4. The van der Waals surface area contributed by atoms with Crippen LogP contribution in [0, 0.1) is 10.1 Å². The predicted octanol–water partition coefficient (Wildman–Crippen LogP) is 2.80. The van der Waals surface area contributed by atoms with Crippen molar-refractivity contribution in [1.82, 2.24) is 0 Å². The van der Waals surface area contributed by atoms with E-state index in [0.29, 0.717) is 0 Å². The molecule has 0 aliphatic heterocycles. The third kappa shape index (κ3) is 2.07. The second-order valence-electron chi connectivity index (χ2n) is 2.14. The number of non-ortho nitro benzene ring substituents is 1. The van der Waals surface area contributed by atoms with Crippen LogP contribution in [0.15, 0.2) is 29.8 Å². The highest BCUT2D eigenvalue weighted by molar-refractivity contribution is 6.27. The lowest BCUT2D eigenvalue weighted by molar-refractivity contribution is -0.384. The van der Waals surface area contributed by atoms with E-state index in [1.807, 2.05) is 0 Å². The van der Waals surface area contributed by atoms with Crippen LogP contribution in [0.1, 0.15) is 5.56 Å². The van der Waals surface area contributed by atoms with E-state index in [4.69, 9.17) is 11.6 Å². The van der Waals surface area contributed by atoms with Crippen LogP contribution in [0.25, 0.3) is 6.08 Å². The Morgan fingerprint density at radius 2 is 2.25 bits per heavy atom. The summed E-state index contributed by atoms with van der Waals surface area (Å²) >= 11 is 5.32. The Bertz CT molecular complexity index is 323. The van der Waals surface area contributed by atoms with Gasteiger partial charge >= 0.3 is 0 Å². The van der Waals surface area contributed by atoms with E-state index in [1.165, 1.54) is 17.7 Å². The van der Waals surface area contributed by atoms with Crippen LogP contribution in [-0.4, -0.2) is 4.92 Å². The van der Waals surface area contributed by atoms with Gasteiger partial charge in [0, 0.05) is 17.7 Å². The molecule has 0 aromatic heterocycles. The number of nitrogens with zero attached hydrogens (tertiary/aromatic N) is 1. The number of hydrogen-bond donors (Lipinski definition) is 0. The second kappa shape index (κ2) is 3.88. The summed E-state index contributed by atoms with van der Waals surface area (Å²) in [5.41, 5.74) is 2.11. The van der Waals surface area contributed by atoms with E-state index in [2.05, 4.69) is 0 Å². The van der Waals surface area contributed by atoms with Crippen molar-refractivity contribution in [3.8, 4) is 0 Å². The van der Waals surface area contributed by atoms with Gasteiger partial charge in [-0.3, -0.25) is 10.1 Å². The van der Waals surface area contributed by atoms with Crippen LogP contribution in [0.5, 0.6) is 0 Å². The molecule has 1 aromatic rings. The molecule has 4 heteroatoms. The third-order valence-corrected chi connectivity index (χ3v) is 1.46. The minimum atomic E-state index is -0.439. The van der Waals surface area contributed by atoms with Crippen LogP contribution >= 0.6 is 11.6 Å². The molecule has 0 unspecified atom stereocenters. The molecule has 0 amide bonds. The number of nitro groups is 1. The lowest BCUT2D eigenvalue weighted by Crippen LogP contribution is -1.87. The summed E-state index contributed by atoms with van der Waals surface area (Å²) in [7, 11) is 0. The monoisotopic (exact) mass is 183 g/mol. The maximum absolute atomic E-state index is 10.3. The molecule has 0 N–H and O–H groups in total. The molecule has 0 aliphatic rings. The Balaban J connectivity index is 3.03. The van der Waals surface area contributed by atoms with E-state index in [0.717, 1.165) is 5.56 Å². The molecule has 0 atom stereocenters. The summed E-state index contributed by atoms with van der Waals surface area (Å²) in [5, 5.41) is 10.3. The molecule has 12 heavy (non-hydrogen) atoms. The van der Waals surface area contributed by atoms with E-state index in [1.54, 1.807) is 18.2 Å². The Labute approximate surface area is 74.4 Å². The van der Waals surface area contributed by atoms with Crippen molar-refractivity contribution in [2.45, 2.75) is 0 Å². The molecular weight excluding hydrogens is 178 g/mol. The minimum Gasteiger partial charge on any atom is -0.258 e. The van der Waals surface area contributed by atoms with Crippen LogP contribution in [0.2, 0.25) is 0 Å². The third-order valence-electron chi connectivity index (χ3n) is 1.34. The van der Waals surface area contributed by atoms with Gasteiger partial charge in [0.25, 0.3) is 5.69 Å². The average Bonchev–Trinajstić information content (AvgIpc) is 2.05. The standard InChI is InChI=1S/C8H6ClNO2/c9-5-4-7-2-1-3-8(6-7)10(11)12/h1-6H/b5-4-. The maximum Gasteiger partial charge on any atom is 0.270 e. The van der Waals surface area contributed by atoms with Crippen molar-refractivity contribution >= 4 is 23.4 Å². The quantitative estimate of drug-likeness (QED) is 0.523. The Morgan fingerprint density at radius 3 is 2.83 bits per heavy atom. The van der Waals surface area contributed by atoms with E-state index >= 15 is 0 Å². The zero-order chi connectivity index (χ0) is 8.97. The van der Waals surface area contributed by atoms with Gasteiger partial charge in [-0.25, -0.2) is 0 Å². The fourth-order valence-corrected chi connectivity index (χ4v) is 0.960. The van der Waals surface area contributed by atoms with E-state index < -0.39 is 4.92 Å². The van der Waals surface area contributed by atoms with Gasteiger partial charge in [-0.05, 0) is 11.6 Å². The lowest BCUT2D eigenvalue weighted by Gasteiger charge is -1.92. The number of rotatable bonds is 2. The number of benzene rings is 1. The van der Waals surface area contributed by atoms with Crippen LogP contribution < -0.4 is 0 Å². The molecule has 0 heterocycles. The summed E-state index contributed by atoms with van der Waals surface area (Å²) in [4.78, 5) is 9.87. The minimum absolute atomic E-state index is 0.0715. The van der Waals surface area contributed by atoms with E-state index in [9.17, 15) is 10.1 Å². The van der Waals surface area contributed by atoms with Gasteiger partial charge in [-0.15, -0.1) is 0 Å². The summed E-state index contributed by atoms with van der Waals surface area (Å²) in [6.07, 6.45) is 1.59. The lowest BCUT2D eigenvalue weighted by atomic mass is 10.2. The zero-order valence-electron chi connectivity index (χ0n) is 6.11. The van der Waals surface area contributed by atoms with Crippen molar-refractivity contribution in [3.63, 3.8) is 0 Å². The molecule has 0 saturated carbocycles. The van der Waals surface area contributed by atoms with Gasteiger partial charge in [-0.1, -0.05) is 23.7 Å². The van der Waals surface area contributed by atoms with Crippen molar-refractivity contribution in [1.29, 1.82) is 0 Å². The van der Waals surface area contributed by atoms with Gasteiger partial charge in [0.15, 0.2) is 0 Å². The SMILES string of the molecule is O=[N+]([O-])c1cccc(/C=C\Cl)c1. The zero-order valence-corrected chi connectivity index (χ0v) is 6.86. The summed E-state index contributed by atoms with van der Waals surface area (Å²) < 4.78 is 0. The van der Waals surface area contributed by atoms with Crippen molar-refractivity contribution in [2.24, 2.45) is 0 Å². The molecule has 0 spiro atoms. The van der Waals surface area contributed by atoms with Gasteiger partial charge in [-0.2, -0.15) is 0 Å². The van der Waals surface area contributed by atoms with Gasteiger partial charge in [0.05, 0.1) is 4.92 Å². The molecule has 3 nitrogen and oxygen atoms in total. The molecule has 0 saturated heterocycles. The number of nitro benzene ring substituents is 1. The first-order valence-electron chi connectivity index (χ1n) is 3.25. The first-order chi connectivity index (χ1) is 5.74. The Kier molecular flexibility index (Phi) is 2.82. The largest absolute Gasteiger partial charge is 0.270 e. The summed E-state index contributed by atoms with van der Waals surface area (Å²) in [6, 6.07) is 6.25. The van der Waals surface area contributed by atoms with E-state index in [-0.39, 0.29) is 5.69 Å². The first-order valence-corrected chi connectivity index (χ1v) is 3.69. The molecule has 62 valence electrons. The molecule has 0 bridgehead atoms. The highest BCUT2D eigenvalue weighted by atomic mass is 35.5. The highest BCUT2D eigenvalue weighted by Crippen LogP contribution is 2.14. The molecule has 1 aromatic carbocycles. The van der Waals surface area contributed by atoms with Crippen molar-refractivity contribution in [2.75, 3.05) is 0 Å². The maximum atomic E-state index is 10.3. The number of halogens is 1. The Morgan fingerprint density at radius 1 is 1.50 bits per heavy atom. The fourth-order valence-electron chi connectivity index (χ4n) is 0.815. The summed E-state index contributed by atoms with van der Waals surface area (Å²) in [5.74, 6) is 0. The molecule has 0 aliphatic carbocycles. The van der Waals surface area contributed by atoms with Crippen molar-refractivity contribution in [3.05, 3.63) is 45.5 Å². The van der Waals surface area contributed by atoms with Crippen molar-refractivity contribution < 1.29 is 4.92 Å². The predicted molar refractivity (Wildman–Crippen MR) is 48.0 cm³/mol. The van der Waals surface area contributed by atoms with Crippen LogP contribution in [0.4, 0.5) is 5.69 Å². The topological polar surface area (TPSA) is 43.1 Å². The average molecular weight is 184 g/mol. The molecule has 0 fully saturated rings. The smallest absolute Gasteiger partial charge is 0.258 e. The van der Waals surface area contributed by atoms with Gasteiger partial charge < -0.3 is 0 Å². The molecular formula is C8H6ClNO2. The van der Waals surface area contributed by atoms with Crippen LogP contribution in [0.3, 0.4) is 0 Å². The number of hydrogen-bond acceptors (Lipinski definition) is 2. The molecule has 1 rings (SSSR count). The highest BCUT2D eigenvalue weighted by Gasteiger charge is 2.02. The first kappa shape index (κ1) is 8.74. The summed E-state index contributed by atoms with van der Waals surface area (Å²) in [6.45, 7) is 0. The van der Waals surface area contributed by atoms with Crippen LogP contribution in [-0.2, 0) is 0 Å². The van der Waals surface area contributed by atoms with Gasteiger partial charge in [0.1, 0.15) is 0 Å². The second-order valence-corrected chi connectivity index (χ2v) is 2.40. The fraction of sp³-hybridized carbons (Fsp3) is 0.